The van der Waals surface area contributed by atoms with E-state index in [2.05, 4.69) is 10.4 Å². The average Bonchev–Trinajstić information content (AvgIpc) is 3.30. The van der Waals surface area contributed by atoms with Gasteiger partial charge in [0.05, 0.1) is 16.3 Å². The number of nitrogens with one attached hydrogen (secondary N) is 1. The van der Waals surface area contributed by atoms with E-state index in [1.165, 1.54) is 18.2 Å². The van der Waals surface area contributed by atoms with E-state index in [4.69, 9.17) is 0 Å². The highest BCUT2D eigenvalue weighted by Gasteiger charge is 2.23. The van der Waals surface area contributed by atoms with Crippen LogP contribution >= 0.6 is 0 Å². The monoisotopic (exact) mass is 374 g/mol. The Labute approximate surface area is 161 Å². The molecule has 1 N–H and O–H groups in total. The molecule has 28 heavy (non-hydrogen) atoms. The van der Waals surface area contributed by atoms with Crippen molar-refractivity contribution in [1.29, 1.82) is 0 Å². The van der Waals surface area contributed by atoms with Gasteiger partial charge in [0.25, 0.3) is 5.69 Å². The molecule has 1 amide bonds. The maximum Gasteiger partial charge on any atom is 0.269 e. The van der Waals surface area contributed by atoms with Crippen LogP contribution in [0.5, 0.6) is 0 Å². The highest BCUT2D eigenvalue weighted by atomic mass is 16.6. The number of rotatable bonds is 5. The molecule has 1 heterocycles. The molecule has 0 saturated carbocycles. The fourth-order valence-electron chi connectivity index (χ4n) is 3.31. The van der Waals surface area contributed by atoms with Gasteiger partial charge in [-0.15, -0.1) is 0 Å². The van der Waals surface area contributed by atoms with Crippen molar-refractivity contribution in [2.45, 2.75) is 19.3 Å². The number of nitro benzene ring substituents is 1. The molecule has 7 nitrogen and oxygen atoms in total. The van der Waals surface area contributed by atoms with Gasteiger partial charge in [0.1, 0.15) is 5.82 Å². The van der Waals surface area contributed by atoms with E-state index in [0.29, 0.717) is 11.4 Å². The molecule has 0 atom stereocenters. The summed E-state index contributed by atoms with van der Waals surface area (Å²) in [7, 11) is 0. The van der Waals surface area contributed by atoms with Crippen LogP contribution in [0.4, 0.5) is 11.5 Å². The van der Waals surface area contributed by atoms with Gasteiger partial charge >= 0.3 is 0 Å². The molecule has 0 aliphatic heterocycles. The predicted octanol–water partition coefficient (Wildman–Crippen LogP) is 3.92. The zero-order valence-electron chi connectivity index (χ0n) is 15.0. The molecule has 2 aromatic carbocycles. The van der Waals surface area contributed by atoms with Crippen molar-refractivity contribution < 1.29 is 9.72 Å². The fourth-order valence-corrected chi connectivity index (χ4v) is 3.31. The lowest BCUT2D eigenvalue weighted by Gasteiger charge is -2.09. The lowest BCUT2D eigenvalue weighted by Crippen LogP contribution is -2.13. The van der Waals surface area contributed by atoms with Gasteiger partial charge in [-0.1, -0.05) is 18.2 Å². The number of amides is 1. The van der Waals surface area contributed by atoms with Crippen LogP contribution in [-0.4, -0.2) is 20.6 Å². The topological polar surface area (TPSA) is 90.1 Å². The first kappa shape index (κ1) is 17.7. The van der Waals surface area contributed by atoms with Gasteiger partial charge in [0, 0.05) is 23.8 Å². The van der Waals surface area contributed by atoms with E-state index >= 15 is 0 Å². The third-order valence-corrected chi connectivity index (χ3v) is 4.68. The molecule has 140 valence electrons. The Bertz CT molecular complexity index is 1050. The van der Waals surface area contributed by atoms with Crippen LogP contribution < -0.4 is 5.32 Å². The van der Waals surface area contributed by atoms with Gasteiger partial charge in [-0.3, -0.25) is 14.9 Å². The highest BCUT2D eigenvalue weighted by molar-refractivity contribution is 6.02. The van der Waals surface area contributed by atoms with Crippen LogP contribution in [0.15, 0.2) is 60.7 Å². The summed E-state index contributed by atoms with van der Waals surface area (Å²) in [6.07, 6.45) is 5.89. The molecule has 0 unspecified atom stereocenters. The van der Waals surface area contributed by atoms with Crippen LogP contribution in [-0.2, 0) is 17.6 Å². The number of non-ortho nitro benzene ring substituents is 1. The SMILES string of the molecule is O=C(/C=C/c1ccc([N+](=O)[O-])cc1)Nc1c2c(nn1-c1ccccc1)CCC2. The number of aryl methyl sites for hydroxylation is 1. The van der Waals surface area contributed by atoms with Crippen molar-refractivity contribution in [2.24, 2.45) is 0 Å². The maximum atomic E-state index is 12.5. The average molecular weight is 374 g/mol. The molecule has 0 saturated heterocycles. The number of nitro groups is 1. The minimum Gasteiger partial charge on any atom is -0.307 e. The Morgan fingerprint density at radius 2 is 1.86 bits per heavy atom. The van der Waals surface area contributed by atoms with Crippen LogP contribution in [0, 0.1) is 10.1 Å². The molecule has 0 spiro atoms. The molecule has 1 aliphatic carbocycles. The lowest BCUT2D eigenvalue weighted by atomic mass is 10.2. The molecular weight excluding hydrogens is 356 g/mol. The Morgan fingerprint density at radius 1 is 1.11 bits per heavy atom. The van der Waals surface area contributed by atoms with Crippen molar-refractivity contribution in [1.82, 2.24) is 9.78 Å². The van der Waals surface area contributed by atoms with E-state index in [-0.39, 0.29) is 11.6 Å². The summed E-state index contributed by atoms with van der Waals surface area (Å²) >= 11 is 0. The Balaban J connectivity index is 1.55. The van der Waals surface area contributed by atoms with Crippen molar-refractivity contribution in [3.05, 3.63) is 87.6 Å². The number of fused-ring (bicyclic) bond motifs is 1. The van der Waals surface area contributed by atoms with E-state index in [1.807, 2.05) is 30.3 Å². The molecule has 0 radical (unpaired) electrons. The summed E-state index contributed by atoms with van der Waals surface area (Å²) < 4.78 is 1.78. The van der Waals surface area contributed by atoms with Gasteiger partial charge in [0.2, 0.25) is 5.91 Å². The second kappa shape index (κ2) is 7.48. The smallest absolute Gasteiger partial charge is 0.269 e. The predicted molar refractivity (Wildman–Crippen MR) is 106 cm³/mol. The quantitative estimate of drug-likeness (QED) is 0.416. The van der Waals surface area contributed by atoms with E-state index in [0.717, 1.165) is 36.2 Å². The van der Waals surface area contributed by atoms with E-state index in [9.17, 15) is 14.9 Å². The van der Waals surface area contributed by atoms with Crippen LogP contribution in [0.25, 0.3) is 11.8 Å². The summed E-state index contributed by atoms with van der Waals surface area (Å²) in [5.41, 5.74) is 3.73. The first-order valence-corrected chi connectivity index (χ1v) is 9.01. The number of benzene rings is 2. The fraction of sp³-hybridized carbons (Fsp3) is 0.143. The van der Waals surface area contributed by atoms with Gasteiger partial charge in [0.15, 0.2) is 0 Å². The third kappa shape index (κ3) is 3.55. The van der Waals surface area contributed by atoms with Crippen LogP contribution in [0.3, 0.4) is 0 Å². The summed E-state index contributed by atoms with van der Waals surface area (Å²) in [6, 6.07) is 15.7. The molecule has 1 aromatic heterocycles. The number of aromatic nitrogens is 2. The van der Waals surface area contributed by atoms with Crippen molar-refractivity contribution in [3.63, 3.8) is 0 Å². The van der Waals surface area contributed by atoms with E-state index < -0.39 is 4.92 Å². The number of carbonyl (C=O) groups is 1. The van der Waals surface area contributed by atoms with Gasteiger partial charge in [-0.05, 0) is 55.2 Å². The summed E-state index contributed by atoms with van der Waals surface area (Å²) in [5, 5.41) is 18.3. The normalized spacial score (nSPS) is 12.9. The molecule has 1 aliphatic rings. The zero-order chi connectivity index (χ0) is 19.5. The molecule has 7 heteroatoms. The Kier molecular flexibility index (Phi) is 4.72. The maximum absolute atomic E-state index is 12.5. The molecule has 0 fully saturated rings. The first-order valence-electron chi connectivity index (χ1n) is 9.01. The lowest BCUT2D eigenvalue weighted by molar-refractivity contribution is -0.384. The number of carbonyl (C=O) groups excluding carboxylic acids is 1. The van der Waals surface area contributed by atoms with Crippen molar-refractivity contribution in [3.8, 4) is 5.69 Å². The highest BCUT2D eigenvalue weighted by Crippen LogP contribution is 2.30. The Morgan fingerprint density at radius 3 is 2.57 bits per heavy atom. The molecular formula is C21H18N4O3. The van der Waals surface area contributed by atoms with Gasteiger partial charge in [-0.25, -0.2) is 4.68 Å². The number of hydrogen-bond acceptors (Lipinski definition) is 4. The summed E-state index contributed by atoms with van der Waals surface area (Å²) in [4.78, 5) is 22.8. The number of hydrogen-bond donors (Lipinski definition) is 1. The summed E-state index contributed by atoms with van der Waals surface area (Å²) in [5.74, 6) is 0.433. The Hall–Kier alpha value is -3.74. The standard InChI is InChI=1S/C21H18N4O3/c26-20(14-11-15-9-12-17(13-10-15)25(27)28)22-21-18-7-4-8-19(18)23-24(21)16-5-2-1-3-6-16/h1-3,5-6,9-14H,4,7-8H2,(H,22,26)/b14-11+. The molecule has 3 aromatic rings. The minimum atomic E-state index is -0.453. The van der Waals surface area contributed by atoms with Crippen molar-refractivity contribution >= 4 is 23.5 Å². The third-order valence-electron chi connectivity index (χ3n) is 4.68. The molecule has 4 rings (SSSR count). The largest absolute Gasteiger partial charge is 0.307 e. The number of nitrogens with zero attached hydrogens (tertiary/aromatic N) is 3. The minimum absolute atomic E-state index is 0.0175. The number of anilines is 1. The first-order chi connectivity index (χ1) is 13.6. The zero-order valence-corrected chi connectivity index (χ0v) is 15.0. The van der Waals surface area contributed by atoms with Gasteiger partial charge in [-0.2, -0.15) is 5.10 Å². The van der Waals surface area contributed by atoms with Crippen LogP contribution in [0.1, 0.15) is 23.2 Å². The summed E-state index contributed by atoms with van der Waals surface area (Å²) in [6.45, 7) is 0. The van der Waals surface area contributed by atoms with Gasteiger partial charge < -0.3 is 5.32 Å². The van der Waals surface area contributed by atoms with Crippen molar-refractivity contribution in [2.75, 3.05) is 5.32 Å². The van der Waals surface area contributed by atoms with E-state index in [1.54, 1.807) is 22.9 Å². The second-order valence-corrected chi connectivity index (χ2v) is 6.55. The van der Waals surface area contributed by atoms with Crippen LogP contribution in [0.2, 0.25) is 0 Å². The number of para-hydroxylation sites is 1. The molecule has 0 bridgehead atoms. The second-order valence-electron chi connectivity index (χ2n) is 6.55.